The highest BCUT2D eigenvalue weighted by Gasteiger charge is 2.29. The third-order valence-corrected chi connectivity index (χ3v) is 4.96. The van der Waals surface area contributed by atoms with Gasteiger partial charge in [-0.2, -0.15) is 12.7 Å². The van der Waals surface area contributed by atoms with E-state index in [9.17, 15) is 8.42 Å². The lowest BCUT2D eigenvalue weighted by Gasteiger charge is -2.32. The molecule has 2 rings (SSSR count). The maximum absolute atomic E-state index is 12.2. The minimum absolute atomic E-state index is 0.528. The zero-order valence-electron chi connectivity index (χ0n) is 10.9. The molecule has 0 saturated carbocycles. The minimum atomic E-state index is -3.41. The van der Waals surface area contributed by atoms with Gasteiger partial charge in [0.25, 0.3) is 0 Å². The molecule has 1 aliphatic heterocycles. The molecule has 100 valence electrons. The van der Waals surface area contributed by atoms with Crippen LogP contribution in [0, 0.1) is 0 Å². The number of benzene rings is 1. The molecule has 0 radical (unpaired) electrons. The van der Waals surface area contributed by atoms with Crippen molar-refractivity contribution in [3.63, 3.8) is 0 Å². The normalized spacial score (nSPS) is 15.7. The Bertz CT molecular complexity index is 540. The lowest BCUT2D eigenvalue weighted by atomic mass is 10.0. The lowest BCUT2D eigenvalue weighted by molar-refractivity contribution is 0.414. The molecule has 0 spiro atoms. The minimum Gasteiger partial charge on any atom is -0.497 e. The third-order valence-electron chi connectivity index (χ3n) is 3.10. The second kappa shape index (κ2) is 4.78. The van der Waals surface area contributed by atoms with Crippen LogP contribution in [0.25, 0.3) is 0 Å². The molecule has 1 aromatic rings. The van der Waals surface area contributed by atoms with E-state index < -0.39 is 10.2 Å². The van der Waals surface area contributed by atoms with Gasteiger partial charge in [0.1, 0.15) is 5.75 Å². The molecule has 0 aliphatic carbocycles. The van der Waals surface area contributed by atoms with E-state index >= 15 is 0 Å². The highest BCUT2D eigenvalue weighted by Crippen LogP contribution is 2.32. The molecule has 6 heteroatoms. The first-order chi connectivity index (χ1) is 8.46. The van der Waals surface area contributed by atoms with E-state index in [1.165, 1.54) is 8.61 Å². The van der Waals surface area contributed by atoms with E-state index in [0.717, 1.165) is 29.8 Å². The zero-order chi connectivity index (χ0) is 13.3. The van der Waals surface area contributed by atoms with Crippen LogP contribution in [-0.2, 0) is 16.6 Å². The number of fused-ring (bicyclic) bond motifs is 1. The number of anilines is 1. The van der Waals surface area contributed by atoms with E-state index in [1.807, 2.05) is 12.1 Å². The zero-order valence-corrected chi connectivity index (χ0v) is 11.7. The molecular weight excluding hydrogens is 252 g/mol. The molecule has 0 N–H and O–H groups in total. The van der Waals surface area contributed by atoms with Crippen molar-refractivity contribution in [2.45, 2.75) is 12.8 Å². The second-order valence-corrected chi connectivity index (χ2v) is 6.53. The molecule has 0 bridgehead atoms. The van der Waals surface area contributed by atoms with Crippen LogP contribution >= 0.6 is 0 Å². The Kier molecular flexibility index (Phi) is 3.49. The van der Waals surface area contributed by atoms with Gasteiger partial charge in [-0.1, -0.05) is 0 Å². The highest BCUT2D eigenvalue weighted by molar-refractivity contribution is 7.90. The van der Waals surface area contributed by atoms with Gasteiger partial charge in [0.2, 0.25) is 0 Å². The van der Waals surface area contributed by atoms with Crippen LogP contribution in [0.15, 0.2) is 18.2 Å². The molecule has 0 unspecified atom stereocenters. The van der Waals surface area contributed by atoms with Crippen LogP contribution in [0.1, 0.15) is 12.0 Å². The molecule has 5 nitrogen and oxygen atoms in total. The molecule has 0 saturated heterocycles. The maximum Gasteiger partial charge on any atom is 0.303 e. The molecule has 18 heavy (non-hydrogen) atoms. The number of hydrogen-bond acceptors (Lipinski definition) is 3. The van der Waals surface area contributed by atoms with E-state index in [1.54, 1.807) is 27.3 Å². The van der Waals surface area contributed by atoms with Gasteiger partial charge in [0.15, 0.2) is 0 Å². The van der Waals surface area contributed by atoms with Gasteiger partial charge >= 0.3 is 10.2 Å². The number of nitrogens with zero attached hydrogens (tertiary/aromatic N) is 2. The summed E-state index contributed by atoms with van der Waals surface area (Å²) in [5.41, 5.74) is 1.78. The Morgan fingerprint density at radius 2 is 2.06 bits per heavy atom. The summed E-state index contributed by atoms with van der Waals surface area (Å²) in [6.45, 7) is 0.528. The fourth-order valence-corrected chi connectivity index (χ4v) is 3.28. The molecule has 1 heterocycles. The largest absolute Gasteiger partial charge is 0.497 e. The Morgan fingerprint density at radius 3 is 2.67 bits per heavy atom. The second-order valence-electron chi connectivity index (χ2n) is 4.46. The van der Waals surface area contributed by atoms with Crippen molar-refractivity contribution in [1.82, 2.24) is 4.31 Å². The van der Waals surface area contributed by atoms with Gasteiger partial charge in [0, 0.05) is 20.6 Å². The lowest BCUT2D eigenvalue weighted by Crippen LogP contribution is -2.42. The van der Waals surface area contributed by atoms with E-state index in [4.69, 9.17) is 4.74 Å². The number of rotatable bonds is 3. The highest BCUT2D eigenvalue weighted by atomic mass is 32.2. The smallest absolute Gasteiger partial charge is 0.303 e. The first-order valence-corrected chi connectivity index (χ1v) is 7.23. The molecule has 1 aromatic carbocycles. The van der Waals surface area contributed by atoms with Crippen LogP contribution in [-0.4, -0.2) is 40.5 Å². The van der Waals surface area contributed by atoms with Gasteiger partial charge in [-0.05, 0) is 36.6 Å². The summed E-state index contributed by atoms with van der Waals surface area (Å²) in [5.74, 6) is 0.762. The summed E-state index contributed by atoms with van der Waals surface area (Å²) in [6, 6.07) is 5.52. The SMILES string of the molecule is COc1ccc2c(c1)CCCN2S(=O)(=O)N(C)C. The molecule has 0 aromatic heterocycles. The van der Waals surface area contributed by atoms with Crippen molar-refractivity contribution < 1.29 is 13.2 Å². The van der Waals surface area contributed by atoms with Crippen molar-refractivity contribution in [3.8, 4) is 5.75 Å². The number of ether oxygens (including phenoxy) is 1. The topological polar surface area (TPSA) is 49.9 Å². The molecule has 0 atom stereocenters. The van der Waals surface area contributed by atoms with Crippen molar-refractivity contribution >= 4 is 15.9 Å². The van der Waals surface area contributed by atoms with Crippen molar-refractivity contribution in [2.75, 3.05) is 32.1 Å². The van der Waals surface area contributed by atoms with Gasteiger partial charge < -0.3 is 4.74 Å². The summed E-state index contributed by atoms with van der Waals surface area (Å²) in [4.78, 5) is 0. The van der Waals surface area contributed by atoms with Crippen LogP contribution in [0.2, 0.25) is 0 Å². The molecular formula is C12H18N2O3S. The fraction of sp³-hybridized carbons (Fsp3) is 0.500. The summed E-state index contributed by atoms with van der Waals surface area (Å²) in [5, 5.41) is 0. The fourth-order valence-electron chi connectivity index (χ4n) is 2.10. The Morgan fingerprint density at radius 1 is 1.33 bits per heavy atom. The third kappa shape index (κ3) is 2.18. The number of methoxy groups -OCH3 is 1. The van der Waals surface area contributed by atoms with E-state index in [0.29, 0.717) is 6.54 Å². The Hall–Kier alpha value is -1.27. The quantitative estimate of drug-likeness (QED) is 0.830. The van der Waals surface area contributed by atoms with Crippen LogP contribution in [0.4, 0.5) is 5.69 Å². The average Bonchev–Trinajstić information content (AvgIpc) is 2.37. The van der Waals surface area contributed by atoms with Gasteiger partial charge in [0.05, 0.1) is 12.8 Å². The molecule has 0 fully saturated rings. The summed E-state index contributed by atoms with van der Waals surface area (Å²) < 4.78 is 32.3. The number of hydrogen-bond donors (Lipinski definition) is 0. The van der Waals surface area contributed by atoms with Crippen molar-refractivity contribution in [1.29, 1.82) is 0 Å². The summed E-state index contributed by atoms with van der Waals surface area (Å²) >= 11 is 0. The maximum atomic E-state index is 12.2. The predicted molar refractivity (Wildman–Crippen MR) is 71.3 cm³/mol. The Labute approximate surface area is 108 Å². The van der Waals surface area contributed by atoms with Gasteiger partial charge in [-0.25, -0.2) is 0 Å². The summed E-state index contributed by atoms with van der Waals surface area (Å²) in [7, 11) is 1.30. The first-order valence-electron chi connectivity index (χ1n) is 5.84. The van der Waals surface area contributed by atoms with Crippen molar-refractivity contribution in [2.24, 2.45) is 0 Å². The summed E-state index contributed by atoms with van der Waals surface area (Å²) in [6.07, 6.45) is 1.71. The van der Waals surface area contributed by atoms with Gasteiger partial charge in [-0.3, -0.25) is 4.31 Å². The monoisotopic (exact) mass is 270 g/mol. The predicted octanol–water partition coefficient (Wildman–Crippen LogP) is 1.25. The Balaban J connectivity index is 2.46. The molecule has 0 amide bonds. The first kappa shape index (κ1) is 13.2. The van der Waals surface area contributed by atoms with Crippen LogP contribution < -0.4 is 9.04 Å². The van der Waals surface area contributed by atoms with E-state index in [2.05, 4.69) is 0 Å². The average molecular weight is 270 g/mol. The number of aryl methyl sites for hydroxylation is 1. The van der Waals surface area contributed by atoms with Crippen LogP contribution in [0.5, 0.6) is 5.75 Å². The van der Waals surface area contributed by atoms with Gasteiger partial charge in [-0.15, -0.1) is 0 Å². The van der Waals surface area contributed by atoms with Crippen molar-refractivity contribution in [3.05, 3.63) is 23.8 Å². The van der Waals surface area contributed by atoms with E-state index in [-0.39, 0.29) is 0 Å². The standard InChI is InChI=1S/C12H18N2O3S/c1-13(2)18(15,16)14-8-4-5-10-9-11(17-3)6-7-12(10)14/h6-7,9H,4-5,8H2,1-3H3. The van der Waals surface area contributed by atoms with Crippen LogP contribution in [0.3, 0.4) is 0 Å². The molecule has 1 aliphatic rings.